The molecule has 1 heterocycles. The van der Waals surface area contributed by atoms with Gasteiger partial charge in [-0.3, -0.25) is 0 Å². The van der Waals surface area contributed by atoms with Crippen LogP contribution in [0.25, 0.3) is 0 Å². The average Bonchev–Trinajstić information content (AvgIpc) is 3.04. The second kappa shape index (κ2) is 5.72. The predicted molar refractivity (Wildman–Crippen MR) is 98.2 cm³/mol. The molecule has 2 aliphatic rings. The van der Waals surface area contributed by atoms with Gasteiger partial charge in [-0.1, -0.05) is 46.3 Å². The van der Waals surface area contributed by atoms with Gasteiger partial charge in [0, 0.05) is 10.4 Å². The van der Waals surface area contributed by atoms with Crippen molar-refractivity contribution in [3.05, 3.63) is 69.7 Å². The molecular formula is C20H20BrNO. The molecule has 3 heteroatoms. The van der Waals surface area contributed by atoms with Crippen molar-refractivity contribution in [2.75, 3.05) is 12.4 Å². The zero-order chi connectivity index (χ0) is 16.0. The molecule has 1 N–H and O–H groups in total. The molecule has 2 aromatic rings. The molecule has 2 nitrogen and oxygen atoms in total. The van der Waals surface area contributed by atoms with E-state index in [1.165, 1.54) is 16.7 Å². The number of methoxy groups -OCH3 is 1. The molecule has 0 unspecified atom stereocenters. The lowest BCUT2D eigenvalue weighted by Crippen LogP contribution is -2.30. The highest BCUT2D eigenvalue weighted by Crippen LogP contribution is 2.53. The zero-order valence-corrected chi connectivity index (χ0v) is 14.9. The third-order valence-corrected chi connectivity index (χ3v) is 5.68. The monoisotopic (exact) mass is 369 g/mol. The third-order valence-electron chi connectivity index (χ3n) is 5.15. The Morgan fingerprint density at radius 2 is 1.91 bits per heavy atom. The van der Waals surface area contributed by atoms with Gasteiger partial charge in [-0.05, 0) is 54.2 Å². The van der Waals surface area contributed by atoms with Gasteiger partial charge in [0.1, 0.15) is 5.75 Å². The number of fused-ring (bicyclic) bond motifs is 3. The molecule has 0 saturated carbocycles. The molecule has 3 atom stereocenters. The maximum absolute atomic E-state index is 5.63. The summed E-state index contributed by atoms with van der Waals surface area (Å²) in [6.07, 6.45) is 5.83. The van der Waals surface area contributed by atoms with Gasteiger partial charge >= 0.3 is 0 Å². The van der Waals surface area contributed by atoms with E-state index in [9.17, 15) is 0 Å². The molecule has 0 bridgehead atoms. The van der Waals surface area contributed by atoms with E-state index in [0.717, 1.165) is 22.3 Å². The summed E-state index contributed by atoms with van der Waals surface area (Å²) in [5.74, 6) is 1.97. The summed E-state index contributed by atoms with van der Waals surface area (Å²) in [7, 11) is 1.75. The van der Waals surface area contributed by atoms with Crippen LogP contribution < -0.4 is 10.1 Å². The van der Waals surface area contributed by atoms with Crippen LogP contribution in [0.1, 0.15) is 35.1 Å². The van der Waals surface area contributed by atoms with Crippen LogP contribution in [0.5, 0.6) is 5.75 Å². The first kappa shape index (κ1) is 14.8. The van der Waals surface area contributed by atoms with E-state index >= 15 is 0 Å². The lowest BCUT2D eigenvalue weighted by molar-refractivity contribution is 0.396. The van der Waals surface area contributed by atoms with Crippen molar-refractivity contribution in [3.63, 3.8) is 0 Å². The van der Waals surface area contributed by atoms with Crippen LogP contribution in [-0.2, 0) is 0 Å². The minimum atomic E-state index is 0.311. The van der Waals surface area contributed by atoms with Crippen molar-refractivity contribution in [2.45, 2.75) is 25.3 Å². The van der Waals surface area contributed by atoms with E-state index in [-0.39, 0.29) is 0 Å². The Morgan fingerprint density at radius 3 is 2.65 bits per heavy atom. The minimum absolute atomic E-state index is 0.311. The number of hydrogen-bond acceptors (Lipinski definition) is 2. The predicted octanol–water partition coefficient (Wildman–Crippen LogP) is 5.59. The first-order chi connectivity index (χ1) is 11.2. The fourth-order valence-corrected chi connectivity index (χ4v) is 4.31. The molecule has 23 heavy (non-hydrogen) atoms. The molecule has 118 valence electrons. The van der Waals surface area contributed by atoms with Crippen LogP contribution in [0.3, 0.4) is 0 Å². The molecule has 2 aromatic carbocycles. The van der Waals surface area contributed by atoms with Crippen LogP contribution >= 0.6 is 15.9 Å². The van der Waals surface area contributed by atoms with Crippen molar-refractivity contribution in [1.82, 2.24) is 0 Å². The number of benzene rings is 2. The fourth-order valence-electron chi connectivity index (χ4n) is 4.04. The van der Waals surface area contributed by atoms with Crippen LogP contribution in [0.2, 0.25) is 0 Å². The lowest BCUT2D eigenvalue weighted by atomic mass is 9.75. The Morgan fingerprint density at radius 1 is 1.13 bits per heavy atom. The number of aryl methyl sites for hydroxylation is 1. The number of nitrogens with one attached hydrogen (secondary N) is 1. The van der Waals surface area contributed by atoms with Gasteiger partial charge in [-0.25, -0.2) is 0 Å². The van der Waals surface area contributed by atoms with E-state index in [1.54, 1.807) is 7.11 Å². The van der Waals surface area contributed by atoms with E-state index in [2.05, 4.69) is 76.7 Å². The summed E-state index contributed by atoms with van der Waals surface area (Å²) in [6, 6.07) is 13.2. The van der Waals surface area contributed by atoms with Crippen LogP contribution in [0, 0.1) is 12.8 Å². The molecule has 0 aromatic heterocycles. The number of allylic oxidation sites excluding steroid dienone is 2. The van der Waals surface area contributed by atoms with Gasteiger partial charge in [0.2, 0.25) is 0 Å². The molecule has 1 aliphatic heterocycles. The minimum Gasteiger partial charge on any atom is -0.495 e. The summed E-state index contributed by atoms with van der Waals surface area (Å²) in [5, 5.41) is 3.78. The molecular weight excluding hydrogens is 350 g/mol. The summed E-state index contributed by atoms with van der Waals surface area (Å²) < 4.78 is 6.74. The standard InChI is InChI=1S/C20H20BrNO/c1-12-6-11-17(23-2)20-18(12)15-4-3-5-16(15)19(22-20)13-7-9-14(21)10-8-13/h3-4,6-11,15-16,19,22H,5H2,1-2H3/t15-,16-,19-/m1/s1. The van der Waals surface area contributed by atoms with Crippen LogP contribution in [-0.4, -0.2) is 7.11 Å². The van der Waals surface area contributed by atoms with Gasteiger partial charge in [0.15, 0.2) is 0 Å². The third kappa shape index (κ3) is 2.38. The maximum atomic E-state index is 5.63. The quantitative estimate of drug-likeness (QED) is 0.696. The van der Waals surface area contributed by atoms with Gasteiger partial charge in [-0.2, -0.15) is 0 Å². The Labute approximate surface area is 145 Å². The second-order valence-electron chi connectivity index (χ2n) is 6.40. The van der Waals surface area contributed by atoms with E-state index < -0.39 is 0 Å². The topological polar surface area (TPSA) is 21.3 Å². The highest BCUT2D eigenvalue weighted by Gasteiger charge is 2.39. The zero-order valence-electron chi connectivity index (χ0n) is 13.3. The highest BCUT2D eigenvalue weighted by molar-refractivity contribution is 9.10. The van der Waals surface area contributed by atoms with Gasteiger partial charge < -0.3 is 10.1 Å². The van der Waals surface area contributed by atoms with Gasteiger partial charge in [-0.15, -0.1) is 0 Å². The summed E-state index contributed by atoms with van der Waals surface area (Å²) >= 11 is 3.53. The molecule has 1 aliphatic carbocycles. The molecule has 0 saturated heterocycles. The molecule has 0 spiro atoms. The summed E-state index contributed by atoms with van der Waals surface area (Å²) in [4.78, 5) is 0. The Hall–Kier alpha value is -1.74. The first-order valence-electron chi connectivity index (χ1n) is 8.05. The summed E-state index contributed by atoms with van der Waals surface area (Å²) in [5.41, 5.74) is 5.23. The normalized spacial score (nSPS) is 24.7. The average molecular weight is 370 g/mol. The fraction of sp³-hybridized carbons (Fsp3) is 0.300. The summed E-state index contributed by atoms with van der Waals surface area (Å²) in [6.45, 7) is 2.20. The SMILES string of the molecule is COc1ccc(C)c2c1N[C@H](c1ccc(Br)cc1)[C@@H]1CC=C[C@@H]21. The van der Waals surface area contributed by atoms with Gasteiger partial charge in [0.25, 0.3) is 0 Å². The van der Waals surface area contributed by atoms with E-state index in [4.69, 9.17) is 4.74 Å². The largest absolute Gasteiger partial charge is 0.495 e. The van der Waals surface area contributed by atoms with Crippen molar-refractivity contribution in [1.29, 1.82) is 0 Å². The van der Waals surface area contributed by atoms with E-state index in [1.807, 2.05) is 0 Å². The highest BCUT2D eigenvalue weighted by atomic mass is 79.9. The Bertz CT molecular complexity index is 766. The van der Waals surface area contributed by atoms with Crippen molar-refractivity contribution in [3.8, 4) is 5.75 Å². The second-order valence-corrected chi connectivity index (χ2v) is 7.32. The van der Waals surface area contributed by atoms with Crippen molar-refractivity contribution in [2.24, 2.45) is 5.92 Å². The smallest absolute Gasteiger partial charge is 0.142 e. The number of ether oxygens (including phenoxy) is 1. The number of hydrogen-bond donors (Lipinski definition) is 1. The maximum Gasteiger partial charge on any atom is 0.142 e. The molecule has 0 radical (unpaired) electrons. The van der Waals surface area contributed by atoms with Crippen molar-refractivity contribution < 1.29 is 4.74 Å². The number of anilines is 1. The lowest BCUT2D eigenvalue weighted by Gasteiger charge is -2.39. The number of halogens is 1. The Balaban J connectivity index is 1.84. The van der Waals surface area contributed by atoms with E-state index in [0.29, 0.717) is 17.9 Å². The Kier molecular flexibility index (Phi) is 3.68. The molecule has 4 rings (SSSR count). The van der Waals surface area contributed by atoms with Crippen LogP contribution in [0.4, 0.5) is 5.69 Å². The first-order valence-corrected chi connectivity index (χ1v) is 8.84. The molecule has 0 amide bonds. The van der Waals surface area contributed by atoms with Crippen LogP contribution in [0.15, 0.2) is 53.0 Å². The van der Waals surface area contributed by atoms with Crippen molar-refractivity contribution >= 4 is 21.6 Å². The molecule has 0 fully saturated rings. The number of rotatable bonds is 2. The van der Waals surface area contributed by atoms with Gasteiger partial charge in [0.05, 0.1) is 18.8 Å².